The highest BCUT2D eigenvalue weighted by atomic mass is 32.1. The van der Waals surface area contributed by atoms with E-state index in [1.54, 1.807) is 11.3 Å². The molecule has 0 atom stereocenters. The Hall–Kier alpha value is -2.47. The molecule has 0 fully saturated rings. The van der Waals surface area contributed by atoms with Crippen LogP contribution in [0.1, 0.15) is 41.1 Å². The number of nitrogens with zero attached hydrogens (tertiary/aromatic N) is 1. The highest BCUT2D eigenvalue weighted by Crippen LogP contribution is 2.33. The molecule has 0 bridgehead atoms. The first kappa shape index (κ1) is 17.0. The van der Waals surface area contributed by atoms with E-state index in [0.717, 1.165) is 40.6 Å². The Kier molecular flexibility index (Phi) is 4.84. The number of thiophene rings is 1. The number of H-pyrrole nitrogens is 1. The molecular formula is C20H20N2O3S. The summed E-state index contributed by atoms with van der Waals surface area (Å²) in [6.45, 7) is 0.00136. The molecule has 6 heteroatoms. The summed E-state index contributed by atoms with van der Waals surface area (Å²) in [5, 5.41) is 0.726. The third kappa shape index (κ3) is 3.55. The minimum Gasteiger partial charge on any atom is -0.458 e. The average Bonchev–Trinajstić information content (AvgIpc) is 3.04. The number of hydrogen-bond donors (Lipinski definition) is 1. The number of benzene rings is 1. The number of aromatic nitrogens is 2. The first-order chi connectivity index (χ1) is 12.7. The zero-order valence-electron chi connectivity index (χ0n) is 14.4. The van der Waals surface area contributed by atoms with E-state index in [-0.39, 0.29) is 18.1 Å². The summed E-state index contributed by atoms with van der Waals surface area (Å²) in [6.07, 6.45) is 5.22. The number of aromatic amines is 1. The van der Waals surface area contributed by atoms with Crippen molar-refractivity contribution in [2.24, 2.45) is 0 Å². The molecule has 2 aromatic heterocycles. The average molecular weight is 368 g/mol. The number of rotatable bonds is 5. The van der Waals surface area contributed by atoms with Crippen molar-refractivity contribution in [1.82, 2.24) is 9.97 Å². The SMILES string of the molecule is O=C(CCc1ccccc1)OCc1nc2sc3c(c2c(=O)[nH]1)CCCC3. The first-order valence-corrected chi connectivity index (χ1v) is 9.75. The molecule has 0 saturated carbocycles. The van der Waals surface area contributed by atoms with Gasteiger partial charge in [0.15, 0.2) is 0 Å². The summed E-state index contributed by atoms with van der Waals surface area (Å²) in [5.41, 5.74) is 2.14. The maximum Gasteiger partial charge on any atom is 0.306 e. The van der Waals surface area contributed by atoms with Gasteiger partial charge in [0.1, 0.15) is 17.3 Å². The molecule has 0 radical (unpaired) electrons. The lowest BCUT2D eigenvalue weighted by Gasteiger charge is -2.09. The summed E-state index contributed by atoms with van der Waals surface area (Å²) in [6, 6.07) is 9.82. The molecule has 1 aromatic carbocycles. The molecule has 0 saturated heterocycles. The van der Waals surface area contributed by atoms with Gasteiger partial charge in [-0.1, -0.05) is 30.3 Å². The molecule has 134 valence electrons. The molecule has 0 aliphatic heterocycles. The number of ether oxygens (including phenoxy) is 1. The smallest absolute Gasteiger partial charge is 0.306 e. The lowest BCUT2D eigenvalue weighted by Crippen LogP contribution is -2.15. The minimum absolute atomic E-state index is 0.00136. The third-order valence-corrected chi connectivity index (χ3v) is 5.89. The number of carbonyl (C=O) groups is 1. The van der Waals surface area contributed by atoms with Gasteiger partial charge >= 0.3 is 5.97 Å². The second kappa shape index (κ2) is 7.41. The number of nitrogens with one attached hydrogen (secondary N) is 1. The highest BCUT2D eigenvalue weighted by molar-refractivity contribution is 7.18. The van der Waals surface area contributed by atoms with E-state index in [2.05, 4.69) is 9.97 Å². The van der Waals surface area contributed by atoms with Gasteiger partial charge in [0.25, 0.3) is 5.56 Å². The van der Waals surface area contributed by atoms with Gasteiger partial charge in [0.05, 0.1) is 5.39 Å². The van der Waals surface area contributed by atoms with Gasteiger partial charge < -0.3 is 9.72 Å². The van der Waals surface area contributed by atoms with Gasteiger partial charge in [-0.2, -0.15) is 0 Å². The van der Waals surface area contributed by atoms with Crippen molar-refractivity contribution < 1.29 is 9.53 Å². The molecule has 5 nitrogen and oxygen atoms in total. The van der Waals surface area contributed by atoms with Crippen LogP contribution in [0.2, 0.25) is 0 Å². The Morgan fingerprint density at radius 1 is 1.19 bits per heavy atom. The number of carbonyl (C=O) groups excluding carboxylic acids is 1. The molecule has 3 aromatic rings. The summed E-state index contributed by atoms with van der Waals surface area (Å²) in [5.74, 6) is 0.122. The lowest BCUT2D eigenvalue weighted by atomic mass is 9.97. The highest BCUT2D eigenvalue weighted by Gasteiger charge is 2.20. The maximum atomic E-state index is 12.5. The summed E-state index contributed by atoms with van der Waals surface area (Å²) in [4.78, 5) is 33.8. The molecule has 4 rings (SSSR count). The molecule has 1 N–H and O–H groups in total. The summed E-state index contributed by atoms with van der Waals surface area (Å²) >= 11 is 1.60. The largest absolute Gasteiger partial charge is 0.458 e. The fourth-order valence-electron chi connectivity index (χ4n) is 3.39. The van der Waals surface area contributed by atoms with Crippen molar-refractivity contribution in [1.29, 1.82) is 0 Å². The second-order valence-electron chi connectivity index (χ2n) is 6.55. The molecule has 0 spiro atoms. The van der Waals surface area contributed by atoms with Crippen molar-refractivity contribution in [2.45, 2.75) is 45.1 Å². The predicted molar refractivity (Wildman–Crippen MR) is 101 cm³/mol. The fraction of sp³-hybridized carbons (Fsp3) is 0.350. The molecular weight excluding hydrogens is 348 g/mol. The van der Waals surface area contributed by atoms with E-state index in [4.69, 9.17) is 4.74 Å². The van der Waals surface area contributed by atoms with Crippen molar-refractivity contribution in [3.63, 3.8) is 0 Å². The Morgan fingerprint density at radius 3 is 2.85 bits per heavy atom. The minimum atomic E-state index is -0.290. The number of hydrogen-bond acceptors (Lipinski definition) is 5. The third-order valence-electron chi connectivity index (χ3n) is 4.70. The fourth-order valence-corrected chi connectivity index (χ4v) is 4.67. The normalized spacial score (nSPS) is 13.5. The summed E-state index contributed by atoms with van der Waals surface area (Å²) in [7, 11) is 0. The van der Waals surface area contributed by atoms with E-state index in [1.807, 2.05) is 30.3 Å². The molecule has 26 heavy (non-hydrogen) atoms. The Balaban J connectivity index is 1.42. The van der Waals surface area contributed by atoms with Gasteiger partial charge in [0, 0.05) is 11.3 Å². The Labute approximate surface area is 155 Å². The van der Waals surface area contributed by atoms with Gasteiger partial charge in [-0.15, -0.1) is 11.3 Å². The summed E-state index contributed by atoms with van der Waals surface area (Å²) < 4.78 is 5.29. The van der Waals surface area contributed by atoms with Crippen LogP contribution in [0.3, 0.4) is 0 Å². The topological polar surface area (TPSA) is 72.0 Å². The van der Waals surface area contributed by atoms with E-state index >= 15 is 0 Å². The van der Waals surface area contributed by atoms with Crippen LogP contribution in [0.4, 0.5) is 0 Å². The number of esters is 1. The van der Waals surface area contributed by atoms with Gasteiger partial charge in [-0.25, -0.2) is 4.98 Å². The van der Waals surface area contributed by atoms with Gasteiger partial charge in [-0.05, 0) is 43.2 Å². The van der Waals surface area contributed by atoms with Crippen molar-refractivity contribution in [2.75, 3.05) is 0 Å². The van der Waals surface area contributed by atoms with Crippen LogP contribution in [0.15, 0.2) is 35.1 Å². The lowest BCUT2D eigenvalue weighted by molar-refractivity contribution is -0.145. The van der Waals surface area contributed by atoms with Crippen molar-refractivity contribution >= 4 is 27.5 Å². The quantitative estimate of drug-likeness (QED) is 0.699. The van der Waals surface area contributed by atoms with Gasteiger partial charge in [0.2, 0.25) is 0 Å². The van der Waals surface area contributed by atoms with Gasteiger partial charge in [-0.3, -0.25) is 9.59 Å². The standard InChI is InChI=1S/C20H20N2O3S/c23-17(11-10-13-6-2-1-3-7-13)25-12-16-21-19(24)18-14-8-4-5-9-15(14)26-20(18)22-16/h1-3,6-7H,4-5,8-12H2,(H,21,22,24). The van der Waals surface area contributed by atoms with Crippen LogP contribution in [0.5, 0.6) is 0 Å². The van der Waals surface area contributed by atoms with E-state index in [0.29, 0.717) is 18.7 Å². The van der Waals surface area contributed by atoms with E-state index < -0.39 is 0 Å². The van der Waals surface area contributed by atoms with Crippen LogP contribution < -0.4 is 5.56 Å². The van der Waals surface area contributed by atoms with Crippen LogP contribution in [-0.4, -0.2) is 15.9 Å². The Bertz CT molecular complexity index is 991. The van der Waals surface area contributed by atoms with Crippen molar-refractivity contribution in [3.8, 4) is 0 Å². The molecule has 1 aliphatic carbocycles. The number of fused-ring (bicyclic) bond motifs is 3. The van der Waals surface area contributed by atoms with Crippen molar-refractivity contribution in [3.05, 3.63) is 62.5 Å². The van der Waals surface area contributed by atoms with Crippen LogP contribution in [-0.2, 0) is 35.4 Å². The molecule has 1 aliphatic rings. The van der Waals surface area contributed by atoms with Crippen LogP contribution in [0, 0.1) is 0 Å². The predicted octanol–water partition coefficient (Wildman–Crippen LogP) is 3.54. The monoisotopic (exact) mass is 368 g/mol. The maximum absolute atomic E-state index is 12.5. The molecule has 2 heterocycles. The van der Waals surface area contributed by atoms with E-state index in [9.17, 15) is 9.59 Å². The first-order valence-electron chi connectivity index (χ1n) is 8.93. The second-order valence-corrected chi connectivity index (χ2v) is 7.63. The Morgan fingerprint density at radius 2 is 2.00 bits per heavy atom. The molecule has 0 amide bonds. The zero-order valence-corrected chi connectivity index (χ0v) is 15.2. The van der Waals surface area contributed by atoms with Crippen LogP contribution in [0.25, 0.3) is 10.2 Å². The van der Waals surface area contributed by atoms with Crippen LogP contribution >= 0.6 is 11.3 Å². The van der Waals surface area contributed by atoms with E-state index in [1.165, 1.54) is 11.3 Å². The number of aryl methyl sites for hydroxylation is 3. The molecule has 0 unspecified atom stereocenters. The zero-order chi connectivity index (χ0) is 17.9.